The van der Waals surface area contributed by atoms with Gasteiger partial charge in [-0.3, -0.25) is 4.79 Å². The molecular weight excluding hydrogens is 320 g/mol. The van der Waals surface area contributed by atoms with Crippen LogP contribution in [0.25, 0.3) is 0 Å². The van der Waals surface area contributed by atoms with Gasteiger partial charge in [0.05, 0.1) is 11.6 Å². The van der Waals surface area contributed by atoms with Crippen LogP contribution in [0.5, 0.6) is 0 Å². The van der Waals surface area contributed by atoms with E-state index in [1.54, 1.807) is 11.3 Å². The van der Waals surface area contributed by atoms with Crippen molar-refractivity contribution in [1.82, 2.24) is 5.32 Å². The summed E-state index contributed by atoms with van der Waals surface area (Å²) in [5.74, 6) is -0.200. The lowest BCUT2D eigenvalue weighted by molar-refractivity contribution is -0.605. The molecule has 0 aliphatic heterocycles. The topological polar surface area (TPSA) is 56.0 Å². The van der Waals surface area contributed by atoms with Gasteiger partial charge >= 0.3 is 0 Å². The summed E-state index contributed by atoms with van der Waals surface area (Å²) in [7, 11) is 0. The van der Waals surface area contributed by atoms with Crippen LogP contribution in [-0.2, 0) is 6.42 Å². The van der Waals surface area contributed by atoms with Crippen LogP contribution in [-0.4, -0.2) is 5.91 Å². The summed E-state index contributed by atoms with van der Waals surface area (Å²) in [5, 5.41) is 16.2. The molecule has 0 spiro atoms. The molecule has 122 valence electrons. The van der Waals surface area contributed by atoms with Crippen molar-refractivity contribution in [3.8, 4) is 0 Å². The number of hydrogen-bond acceptors (Lipinski definition) is 3. The van der Waals surface area contributed by atoms with Gasteiger partial charge in [-0.2, -0.15) is 4.73 Å². The number of carbonyl (C=O) groups is 1. The normalized spacial score (nSPS) is 11.9. The molecule has 0 aliphatic rings. The van der Waals surface area contributed by atoms with E-state index < -0.39 is 0 Å². The Morgan fingerprint density at radius 1 is 1.17 bits per heavy atom. The van der Waals surface area contributed by atoms with E-state index in [4.69, 9.17) is 0 Å². The van der Waals surface area contributed by atoms with Crippen molar-refractivity contribution in [3.63, 3.8) is 0 Å². The van der Waals surface area contributed by atoms with E-state index >= 15 is 0 Å². The number of aromatic nitrogens is 1. The summed E-state index contributed by atoms with van der Waals surface area (Å²) in [6.45, 7) is 2.12. The number of benzene rings is 1. The van der Waals surface area contributed by atoms with E-state index in [1.807, 2.05) is 17.5 Å². The predicted octanol–water partition coefficient (Wildman–Crippen LogP) is 3.46. The van der Waals surface area contributed by atoms with Gasteiger partial charge in [0.2, 0.25) is 0 Å². The van der Waals surface area contributed by atoms with E-state index in [0.29, 0.717) is 10.3 Å². The van der Waals surface area contributed by atoms with Crippen LogP contribution < -0.4 is 10.0 Å². The third-order valence-electron chi connectivity index (χ3n) is 3.89. The standard InChI is InChI=1S/C19H18N2O2S/c1-2-14-5-7-15(8-6-14)18(17-4-3-13-24-17)20-19(22)16-9-11-21(23)12-10-16/h3-13,18H,2H2,1H3,(H,20,22)/t18-/m0/s1. The largest absolute Gasteiger partial charge is 0.619 e. The summed E-state index contributed by atoms with van der Waals surface area (Å²) >= 11 is 1.61. The van der Waals surface area contributed by atoms with Crippen LogP contribution in [0.3, 0.4) is 0 Å². The maximum Gasteiger partial charge on any atom is 0.252 e. The minimum atomic E-state index is -0.206. The maximum atomic E-state index is 12.5. The van der Waals surface area contributed by atoms with Gasteiger partial charge in [-0.25, -0.2) is 0 Å². The molecule has 3 rings (SSSR count). The average molecular weight is 338 g/mol. The third kappa shape index (κ3) is 3.63. The number of aryl methyl sites for hydroxylation is 1. The molecule has 1 N–H and O–H groups in total. The summed E-state index contributed by atoms with van der Waals surface area (Å²) in [6, 6.07) is 15.1. The monoisotopic (exact) mass is 338 g/mol. The fourth-order valence-corrected chi connectivity index (χ4v) is 3.30. The molecule has 4 nitrogen and oxygen atoms in total. The second kappa shape index (κ2) is 7.27. The Kier molecular flexibility index (Phi) is 4.91. The maximum absolute atomic E-state index is 12.5. The van der Waals surface area contributed by atoms with Crippen molar-refractivity contribution in [1.29, 1.82) is 0 Å². The first-order valence-corrected chi connectivity index (χ1v) is 8.67. The second-order valence-corrected chi connectivity index (χ2v) is 6.44. The highest BCUT2D eigenvalue weighted by molar-refractivity contribution is 7.10. The van der Waals surface area contributed by atoms with E-state index in [1.165, 1.54) is 30.1 Å². The predicted molar refractivity (Wildman–Crippen MR) is 94.9 cm³/mol. The van der Waals surface area contributed by atoms with E-state index in [-0.39, 0.29) is 11.9 Å². The molecule has 0 saturated carbocycles. The van der Waals surface area contributed by atoms with Crippen LogP contribution in [0.2, 0.25) is 0 Å². The lowest BCUT2D eigenvalue weighted by Gasteiger charge is -2.18. The SMILES string of the molecule is CCc1ccc([C@H](NC(=O)c2cc[n+]([O-])cc2)c2cccs2)cc1. The second-order valence-electron chi connectivity index (χ2n) is 5.46. The number of carbonyl (C=O) groups excluding carboxylic acids is 1. The van der Waals surface area contributed by atoms with Crippen molar-refractivity contribution in [2.45, 2.75) is 19.4 Å². The summed E-state index contributed by atoms with van der Waals surface area (Å²) in [6.07, 6.45) is 3.63. The Morgan fingerprint density at radius 3 is 2.46 bits per heavy atom. The van der Waals surface area contributed by atoms with Crippen molar-refractivity contribution in [2.75, 3.05) is 0 Å². The lowest BCUT2D eigenvalue weighted by atomic mass is 10.0. The Balaban J connectivity index is 1.87. The highest BCUT2D eigenvalue weighted by Crippen LogP contribution is 2.26. The molecule has 3 aromatic rings. The first-order chi connectivity index (χ1) is 11.7. The molecule has 1 aromatic carbocycles. The smallest absolute Gasteiger partial charge is 0.252 e. The number of thiophene rings is 1. The number of hydrogen-bond donors (Lipinski definition) is 1. The van der Waals surface area contributed by atoms with Crippen molar-refractivity contribution in [3.05, 3.63) is 93.1 Å². The number of nitrogens with zero attached hydrogens (tertiary/aromatic N) is 1. The Labute approximate surface area is 145 Å². The van der Waals surface area contributed by atoms with E-state index in [0.717, 1.165) is 16.9 Å². The Morgan fingerprint density at radius 2 is 1.88 bits per heavy atom. The van der Waals surface area contributed by atoms with Crippen molar-refractivity contribution >= 4 is 17.2 Å². The molecule has 2 heterocycles. The lowest BCUT2D eigenvalue weighted by Crippen LogP contribution is -2.30. The molecule has 1 amide bonds. The van der Waals surface area contributed by atoms with Gasteiger partial charge in [0.1, 0.15) is 0 Å². The Hall–Kier alpha value is -2.66. The molecule has 0 unspecified atom stereocenters. The van der Waals surface area contributed by atoms with Crippen LogP contribution >= 0.6 is 11.3 Å². The Bertz CT molecular complexity index is 796. The summed E-state index contributed by atoms with van der Waals surface area (Å²) < 4.78 is 0.664. The fraction of sp³-hybridized carbons (Fsp3) is 0.158. The molecule has 0 bridgehead atoms. The third-order valence-corrected chi connectivity index (χ3v) is 4.83. The minimum Gasteiger partial charge on any atom is -0.619 e. The van der Waals surface area contributed by atoms with Gasteiger partial charge in [0.15, 0.2) is 12.4 Å². The van der Waals surface area contributed by atoms with Crippen LogP contribution in [0.4, 0.5) is 0 Å². The highest BCUT2D eigenvalue weighted by atomic mass is 32.1. The average Bonchev–Trinajstić information content (AvgIpc) is 3.14. The van der Waals surface area contributed by atoms with Gasteiger partial charge in [0, 0.05) is 17.0 Å². The van der Waals surface area contributed by atoms with Gasteiger partial charge in [-0.05, 0) is 29.0 Å². The van der Waals surface area contributed by atoms with Gasteiger partial charge in [0.25, 0.3) is 5.91 Å². The molecule has 0 aliphatic carbocycles. The van der Waals surface area contributed by atoms with Crippen LogP contribution in [0.15, 0.2) is 66.3 Å². The zero-order chi connectivity index (χ0) is 16.9. The summed E-state index contributed by atoms with van der Waals surface area (Å²) in [5.41, 5.74) is 2.77. The van der Waals surface area contributed by atoms with Crippen LogP contribution in [0, 0.1) is 5.21 Å². The molecule has 0 fully saturated rings. The number of amides is 1. The molecule has 1 atom stereocenters. The quantitative estimate of drug-likeness (QED) is 0.572. The molecular formula is C19H18N2O2S. The molecule has 0 saturated heterocycles. The zero-order valence-electron chi connectivity index (χ0n) is 13.3. The van der Waals surface area contributed by atoms with Gasteiger partial charge < -0.3 is 10.5 Å². The van der Waals surface area contributed by atoms with Crippen LogP contribution in [0.1, 0.15) is 39.3 Å². The number of rotatable bonds is 5. The molecule has 0 radical (unpaired) electrons. The minimum absolute atomic E-state index is 0.200. The molecule has 5 heteroatoms. The van der Waals surface area contributed by atoms with E-state index in [9.17, 15) is 10.0 Å². The number of nitrogens with one attached hydrogen (secondary N) is 1. The van der Waals surface area contributed by atoms with Gasteiger partial charge in [-0.1, -0.05) is 37.3 Å². The van der Waals surface area contributed by atoms with Crippen molar-refractivity contribution in [2.24, 2.45) is 0 Å². The number of pyridine rings is 1. The van der Waals surface area contributed by atoms with Crippen molar-refractivity contribution < 1.29 is 9.52 Å². The summed E-state index contributed by atoms with van der Waals surface area (Å²) in [4.78, 5) is 13.6. The first kappa shape index (κ1) is 16.2. The molecule has 2 aromatic heterocycles. The highest BCUT2D eigenvalue weighted by Gasteiger charge is 2.19. The zero-order valence-corrected chi connectivity index (χ0v) is 14.1. The first-order valence-electron chi connectivity index (χ1n) is 7.79. The van der Waals surface area contributed by atoms with Gasteiger partial charge in [-0.15, -0.1) is 11.3 Å². The fourth-order valence-electron chi connectivity index (χ4n) is 2.50. The molecule has 24 heavy (non-hydrogen) atoms. The van der Waals surface area contributed by atoms with E-state index in [2.05, 4.69) is 36.5 Å².